The number of nitrogens with zero attached hydrogens (tertiary/aromatic N) is 1. The zero-order valence-corrected chi connectivity index (χ0v) is 26.2. The third-order valence-electron chi connectivity index (χ3n) is 7.09. The van der Waals surface area contributed by atoms with Gasteiger partial charge in [-0.1, -0.05) is 68.3 Å². The largest absolute Gasteiger partial charge is 0.507 e. The number of amides is 4. The molecular formula is C34H44N4O6. The number of hydrogen-bond donors (Lipinski definition) is 4. The Morgan fingerprint density at radius 2 is 1.68 bits per heavy atom. The lowest BCUT2D eigenvalue weighted by Gasteiger charge is -2.35. The molecule has 3 rings (SSSR count). The van der Waals surface area contributed by atoms with Gasteiger partial charge in [-0.25, -0.2) is 4.79 Å². The molecule has 3 aromatic carbocycles. The number of rotatable bonds is 13. The molecule has 0 saturated heterocycles. The molecule has 3 aromatic rings. The van der Waals surface area contributed by atoms with Crippen molar-refractivity contribution in [3.05, 3.63) is 71.8 Å². The zero-order valence-electron chi connectivity index (χ0n) is 26.2. The maximum Gasteiger partial charge on any atom is 0.408 e. The Bertz CT molecular complexity index is 1480. The van der Waals surface area contributed by atoms with E-state index < -0.39 is 41.5 Å². The topological polar surface area (TPSA) is 151 Å². The third kappa shape index (κ3) is 9.45. The molecule has 10 heteroatoms. The van der Waals surface area contributed by atoms with Crippen LogP contribution in [0.3, 0.4) is 0 Å². The molecule has 0 aliphatic carbocycles. The van der Waals surface area contributed by atoms with Crippen LogP contribution in [0.25, 0.3) is 10.8 Å². The smallest absolute Gasteiger partial charge is 0.408 e. The highest BCUT2D eigenvalue weighted by atomic mass is 16.6. The number of phenolic OH excluding ortho intramolecular Hbond substituents is 1. The van der Waals surface area contributed by atoms with Crippen molar-refractivity contribution in [1.29, 1.82) is 0 Å². The van der Waals surface area contributed by atoms with E-state index in [0.717, 1.165) is 23.6 Å². The molecule has 0 aliphatic rings. The van der Waals surface area contributed by atoms with Crippen molar-refractivity contribution >= 4 is 40.3 Å². The van der Waals surface area contributed by atoms with E-state index in [9.17, 15) is 24.3 Å². The van der Waals surface area contributed by atoms with Crippen LogP contribution in [0.2, 0.25) is 0 Å². The molecule has 5 N–H and O–H groups in total. The summed E-state index contributed by atoms with van der Waals surface area (Å²) < 4.78 is 5.39. The number of ether oxygens (including phenoxy) is 1. The minimum absolute atomic E-state index is 0.101. The molecule has 0 radical (unpaired) electrons. The van der Waals surface area contributed by atoms with Gasteiger partial charge in [-0.05, 0) is 69.0 Å². The number of phenols is 1. The molecule has 44 heavy (non-hydrogen) atoms. The first-order valence-electron chi connectivity index (χ1n) is 15.0. The molecule has 0 aliphatic heterocycles. The number of aromatic hydroxyl groups is 1. The Morgan fingerprint density at radius 1 is 0.977 bits per heavy atom. The van der Waals surface area contributed by atoms with Crippen molar-refractivity contribution in [2.24, 2.45) is 5.73 Å². The van der Waals surface area contributed by atoms with Crippen molar-refractivity contribution in [3.8, 4) is 5.75 Å². The molecule has 2 atom stereocenters. The van der Waals surface area contributed by atoms with Gasteiger partial charge in [0, 0.05) is 24.2 Å². The van der Waals surface area contributed by atoms with E-state index in [1.165, 1.54) is 4.90 Å². The van der Waals surface area contributed by atoms with Crippen molar-refractivity contribution < 1.29 is 29.0 Å². The fourth-order valence-corrected chi connectivity index (χ4v) is 4.92. The van der Waals surface area contributed by atoms with Gasteiger partial charge < -0.3 is 31.1 Å². The van der Waals surface area contributed by atoms with E-state index in [1.807, 2.05) is 43.3 Å². The molecule has 2 unspecified atom stereocenters. The number of nitrogens with one attached hydrogen (secondary N) is 2. The molecule has 0 spiro atoms. The summed E-state index contributed by atoms with van der Waals surface area (Å²) in [4.78, 5) is 54.4. The summed E-state index contributed by atoms with van der Waals surface area (Å²) in [7, 11) is 0. The van der Waals surface area contributed by atoms with E-state index in [2.05, 4.69) is 10.6 Å². The number of benzene rings is 3. The molecule has 0 bridgehead atoms. The predicted molar refractivity (Wildman–Crippen MR) is 171 cm³/mol. The summed E-state index contributed by atoms with van der Waals surface area (Å²) in [5.41, 5.74) is 5.85. The van der Waals surface area contributed by atoms with Crippen LogP contribution in [0.5, 0.6) is 5.75 Å². The van der Waals surface area contributed by atoms with Crippen LogP contribution < -0.4 is 16.4 Å². The number of para-hydroxylation sites is 1. The van der Waals surface area contributed by atoms with Crippen LogP contribution in [0, 0.1) is 6.92 Å². The fourth-order valence-electron chi connectivity index (χ4n) is 4.92. The quantitative estimate of drug-likeness (QED) is 0.184. The number of unbranched alkanes of at least 4 members (excludes halogenated alkanes) is 2. The number of alkyl carbamates (subject to hydrolysis) is 1. The number of aryl methyl sites for hydroxylation is 1. The van der Waals surface area contributed by atoms with Crippen LogP contribution in [0.4, 0.5) is 10.5 Å². The highest BCUT2D eigenvalue weighted by Gasteiger charge is 2.37. The average molecular weight is 605 g/mol. The summed E-state index contributed by atoms with van der Waals surface area (Å²) in [6.07, 6.45) is 1.06. The van der Waals surface area contributed by atoms with E-state index in [0.29, 0.717) is 17.7 Å². The number of fused-ring (bicyclic) bond motifs is 1. The summed E-state index contributed by atoms with van der Waals surface area (Å²) in [6.45, 7) is 8.95. The molecule has 0 saturated carbocycles. The fraction of sp³-hybridized carbons (Fsp3) is 0.412. The lowest BCUT2D eigenvalue weighted by atomic mass is 9.98. The molecule has 10 nitrogen and oxygen atoms in total. The van der Waals surface area contributed by atoms with Gasteiger partial charge in [0.05, 0.1) is 0 Å². The normalized spacial score (nSPS) is 12.7. The number of carbonyl (C=O) groups is 4. The van der Waals surface area contributed by atoms with E-state index in [-0.39, 0.29) is 30.7 Å². The lowest BCUT2D eigenvalue weighted by Crippen LogP contribution is -2.52. The van der Waals surface area contributed by atoms with Gasteiger partial charge in [0.2, 0.25) is 11.8 Å². The summed E-state index contributed by atoms with van der Waals surface area (Å²) in [5, 5.41) is 18.6. The highest BCUT2D eigenvalue weighted by molar-refractivity contribution is 6.01. The first kappa shape index (κ1) is 33.9. The Kier molecular flexibility index (Phi) is 11.7. The average Bonchev–Trinajstić information content (AvgIpc) is 2.95. The highest BCUT2D eigenvalue weighted by Crippen LogP contribution is 2.34. The third-order valence-corrected chi connectivity index (χ3v) is 7.09. The molecular weight excluding hydrogens is 560 g/mol. The molecule has 236 valence electrons. The van der Waals surface area contributed by atoms with Crippen molar-refractivity contribution in [2.75, 3.05) is 11.9 Å². The maximum absolute atomic E-state index is 14.3. The van der Waals surface area contributed by atoms with Crippen LogP contribution in [0.1, 0.15) is 77.0 Å². The van der Waals surface area contributed by atoms with Gasteiger partial charge >= 0.3 is 6.09 Å². The number of hydrogen-bond acceptors (Lipinski definition) is 6. The van der Waals surface area contributed by atoms with Crippen molar-refractivity contribution in [3.63, 3.8) is 0 Å². The van der Waals surface area contributed by atoms with Crippen LogP contribution >= 0.6 is 0 Å². The van der Waals surface area contributed by atoms with Gasteiger partial charge in [0.25, 0.3) is 5.91 Å². The van der Waals surface area contributed by atoms with Crippen LogP contribution in [-0.4, -0.2) is 52.0 Å². The van der Waals surface area contributed by atoms with Crippen molar-refractivity contribution in [1.82, 2.24) is 10.2 Å². The van der Waals surface area contributed by atoms with E-state index >= 15 is 0 Å². The summed E-state index contributed by atoms with van der Waals surface area (Å²) >= 11 is 0. The van der Waals surface area contributed by atoms with Gasteiger partial charge in [0.1, 0.15) is 23.4 Å². The molecule has 4 amide bonds. The Hall–Kier alpha value is -4.60. The standard InChI is InChI=1S/C34H44N4O6/c1-6-7-10-20-38(32(42)27(18-19-28(35)39)37-33(43)44-34(3,4)5)29(26-15-11-12-22(2)30(26)40)31(41)36-25-17-16-23-13-8-9-14-24(23)21-25/h8-9,11-17,21,27,29,40H,6-7,10,18-20H2,1-5H3,(H2,35,39)(H,36,41)(H,37,43). The number of primary amides is 1. The molecule has 0 fully saturated rings. The summed E-state index contributed by atoms with van der Waals surface area (Å²) in [6, 6.07) is 15.8. The number of carbonyl (C=O) groups excluding carboxylic acids is 4. The minimum atomic E-state index is -1.26. The van der Waals surface area contributed by atoms with Gasteiger partial charge in [-0.15, -0.1) is 0 Å². The second-order valence-electron chi connectivity index (χ2n) is 11.9. The Labute approximate surface area is 258 Å². The summed E-state index contributed by atoms with van der Waals surface area (Å²) in [5.74, 6) is -1.91. The van der Waals surface area contributed by atoms with E-state index in [1.54, 1.807) is 52.0 Å². The second kappa shape index (κ2) is 15.2. The van der Waals surface area contributed by atoms with Crippen molar-refractivity contribution in [2.45, 2.75) is 84.4 Å². The lowest BCUT2D eigenvalue weighted by molar-refractivity contribution is -0.141. The van der Waals surface area contributed by atoms with Gasteiger partial charge in [-0.2, -0.15) is 0 Å². The maximum atomic E-state index is 14.3. The van der Waals surface area contributed by atoms with Crippen LogP contribution in [0.15, 0.2) is 60.7 Å². The van der Waals surface area contributed by atoms with E-state index in [4.69, 9.17) is 10.5 Å². The Balaban J connectivity index is 2.08. The molecule has 0 aromatic heterocycles. The zero-order chi connectivity index (χ0) is 32.4. The molecule has 0 heterocycles. The first-order chi connectivity index (χ1) is 20.8. The minimum Gasteiger partial charge on any atom is -0.507 e. The SMILES string of the molecule is CCCCCN(C(=O)C(CCC(N)=O)NC(=O)OC(C)(C)C)C(C(=O)Nc1ccc2ccccc2c1)c1cccc(C)c1O. The first-order valence-corrected chi connectivity index (χ1v) is 15.0. The van der Waals surface area contributed by atoms with Crippen LogP contribution in [-0.2, 0) is 19.1 Å². The van der Waals surface area contributed by atoms with Gasteiger partial charge in [-0.3, -0.25) is 14.4 Å². The monoisotopic (exact) mass is 604 g/mol. The predicted octanol–water partition coefficient (Wildman–Crippen LogP) is 5.71. The Morgan fingerprint density at radius 3 is 2.34 bits per heavy atom. The second-order valence-corrected chi connectivity index (χ2v) is 11.9. The van der Waals surface area contributed by atoms with Gasteiger partial charge in [0.15, 0.2) is 0 Å². The number of nitrogens with two attached hydrogens (primary N) is 1. The number of anilines is 1.